The highest BCUT2D eigenvalue weighted by Crippen LogP contribution is 2.58. The van der Waals surface area contributed by atoms with Crippen molar-refractivity contribution in [1.82, 2.24) is 15.5 Å². The second-order valence-corrected chi connectivity index (χ2v) is 8.23. The zero-order valence-electron chi connectivity index (χ0n) is 18.1. The van der Waals surface area contributed by atoms with E-state index in [1.807, 2.05) is 61.5 Å². The van der Waals surface area contributed by atoms with Gasteiger partial charge < -0.3 is 19.6 Å². The monoisotopic (exact) mass is 451 g/mol. The van der Waals surface area contributed by atoms with E-state index < -0.39 is 29.0 Å². The molecule has 0 saturated heterocycles. The first-order chi connectivity index (χ1) is 15.9. The second-order valence-electron chi connectivity index (χ2n) is 8.23. The van der Waals surface area contributed by atoms with E-state index >= 15 is 0 Å². The topological polar surface area (TPSA) is 135 Å². The standard InChI is InChI=1S/C24H25N3O6/c1-2-12-24(13-18(19(24)21(28)29)20-26-27-23(31)33-20)22(30)25-14-15-8-10-17(11-9-15)32-16-6-4-3-5-7-16/h3-11,18-19H,2,12-14H2,1H3,(H,25,30)(H,27,31)(H,28,29). The van der Waals surface area contributed by atoms with Gasteiger partial charge in [-0.1, -0.05) is 43.7 Å². The lowest BCUT2D eigenvalue weighted by Crippen LogP contribution is -2.58. The number of nitrogens with one attached hydrogen (secondary N) is 2. The van der Waals surface area contributed by atoms with E-state index in [0.29, 0.717) is 18.6 Å². The highest BCUT2D eigenvalue weighted by molar-refractivity contribution is 5.91. The number of benzene rings is 2. The van der Waals surface area contributed by atoms with Crippen LogP contribution in [0.3, 0.4) is 0 Å². The first-order valence-electron chi connectivity index (χ1n) is 10.8. The van der Waals surface area contributed by atoms with Crippen molar-refractivity contribution < 1.29 is 23.8 Å². The van der Waals surface area contributed by atoms with E-state index in [1.165, 1.54) is 0 Å². The molecule has 33 heavy (non-hydrogen) atoms. The predicted octanol–water partition coefficient (Wildman–Crippen LogP) is 3.45. The third kappa shape index (κ3) is 4.52. The number of para-hydroxylation sites is 1. The van der Waals surface area contributed by atoms with Crippen LogP contribution in [0.5, 0.6) is 11.5 Å². The molecule has 2 aromatic carbocycles. The molecule has 3 unspecified atom stereocenters. The third-order valence-electron chi connectivity index (χ3n) is 6.12. The van der Waals surface area contributed by atoms with Gasteiger partial charge in [0.05, 0.1) is 17.3 Å². The van der Waals surface area contributed by atoms with Gasteiger partial charge in [-0.2, -0.15) is 0 Å². The molecule has 1 aliphatic rings. The van der Waals surface area contributed by atoms with E-state index in [0.717, 1.165) is 11.3 Å². The van der Waals surface area contributed by atoms with E-state index in [2.05, 4.69) is 15.5 Å². The van der Waals surface area contributed by atoms with Gasteiger partial charge in [0.1, 0.15) is 11.5 Å². The minimum Gasteiger partial charge on any atom is -0.481 e. The molecule has 1 heterocycles. The Morgan fingerprint density at radius 2 is 1.88 bits per heavy atom. The zero-order valence-corrected chi connectivity index (χ0v) is 18.1. The van der Waals surface area contributed by atoms with Crippen molar-refractivity contribution in [3.05, 3.63) is 76.6 Å². The highest BCUT2D eigenvalue weighted by atomic mass is 16.5. The van der Waals surface area contributed by atoms with Crippen LogP contribution in [-0.2, 0) is 16.1 Å². The SMILES string of the molecule is CCCC1(C(=O)NCc2ccc(Oc3ccccc3)cc2)CC(c2n[nH]c(=O)o2)C1C(=O)O. The number of amides is 1. The van der Waals surface area contributed by atoms with Crippen LogP contribution in [0.25, 0.3) is 0 Å². The molecule has 3 N–H and O–H groups in total. The lowest BCUT2D eigenvalue weighted by molar-refractivity contribution is -0.168. The molecule has 1 fully saturated rings. The maximum atomic E-state index is 13.2. The van der Waals surface area contributed by atoms with Crippen molar-refractivity contribution in [3.63, 3.8) is 0 Å². The number of aromatic amines is 1. The van der Waals surface area contributed by atoms with Gasteiger partial charge in [-0.15, -0.1) is 5.10 Å². The molecule has 3 atom stereocenters. The molecule has 1 amide bonds. The second kappa shape index (κ2) is 9.32. The molecule has 172 valence electrons. The van der Waals surface area contributed by atoms with Crippen LogP contribution < -0.4 is 15.8 Å². The number of nitrogens with zero attached hydrogens (tertiary/aromatic N) is 1. The third-order valence-corrected chi connectivity index (χ3v) is 6.12. The molecular formula is C24H25N3O6. The zero-order chi connectivity index (χ0) is 23.4. The summed E-state index contributed by atoms with van der Waals surface area (Å²) in [5.74, 6) is -2.40. The summed E-state index contributed by atoms with van der Waals surface area (Å²) in [6.07, 6.45) is 1.30. The number of hydrogen-bond acceptors (Lipinski definition) is 6. The van der Waals surface area contributed by atoms with Gasteiger partial charge in [-0.3, -0.25) is 9.59 Å². The fraction of sp³-hybridized carbons (Fsp3) is 0.333. The molecule has 9 nitrogen and oxygen atoms in total. The molecule has 1 aliphatic carbocycles. The quantitative estimate of drug-likeness (QED) is 0.453. The van der Waals surface area contributed by atoms with Gasteiger partial charge in [0.15, 0.2) is 0 Å². The van der Waals surface area contributed by atoms with Crippen molar-refractivity contribution in [1.29, 1.82) is 0 Å². The lowest BCUT2D eigenvalue weighted by Gasteiger charge is -2.50. The lowest BCUT2D eigenvalue weighted by atomic mass is 9.51. The number of H-pyrrole nitrogens is 1. The van der Waals surface area contributed by atoms with Gasteiger partial charge >= 0.3 is 11.7 Å². The number of hydrogen-bond donors (Lipinski definition) is 3. The maximum absolute atomic E-state index is 13.2. The fourth-order valence-corrected chi connectivity index (χ4v) is 4.61. The minimum absolute atomic E-state index is 0.0286. The predicted molar refractivity (Wildman–Crippen MR) is 118 cm³/mol. The Hall–Kier alpha value is -3.88. The number of aromatic nitrogens is 2. The molecule has 0 radical (unpaired) electrons. The Morgan fingerprint density at radius 1 is 1.18 bits per heavy atom. The number of ether oxygens (including phenoxy) is 1. The Morgan fingerprint density at radius 3 is 2.48 bits per heavy atom. The number of carbonyl (C=O) groups excluding carboxylic acids is 1. The molecule has 3 aromatic rings. The summed E-state index contributed by atoms with van der Waals surface area (Å²) >= 11 is 0. The van der Waals surface area contributed by atoms with Crippen molar-refractivity contribution in [2.24, 2.45) is 11.3 Å². The molecule has 0 bridgehead atoms. The highest BCUT2D eigenvalue weighted by Gasteiger charge is 2.63. The number of aliphatic carboxylic acids is 1. The molecule has 1 aromatic heterocycles. The molecule has 0 spiro atoms. The fourth-order valence-electron chi connectivity index (χ4n) is 4.61. The van der Waals surface area contributed by atoms with Crippen LogP contribution in [0.4, 0.5) is 0 Å². The summed E-state index contributed by atoms with van der Waals surface area (Å²) in [7, 11) is 0. The molecular weight excluding hydrogens is 426 g/mol. The Kier molecular flexibility index (Phi) is 6.30. The van der Waals surface area contributed by atoms with Crippen LogP contribution >= 0.6 is 0 Å². The summed E-state index contributed by atoms with van der Waals surface area (Å²) in [6, 6.07) is 16.7. The summed E-state index contributed by atoms with van der Waals surface area (Å²) in [5, 5.41) is 18.7. The van der Waals surface area contributed by atoms with Gasteiger partial charge in [-0.05, 0) is 42.7 Å². The normalized spacial score (nSPS) is 21.7. The van der Waals surface area contributed by atoms with E-state index in [4.69, 9.17) is 9.15 Å². The Labute approximate surface area is 189 Å². The van der Waals surface area contributed by atoms with Gasteiger partial charge in [0.2, 0.25) is 11.8 Å². The average Bonchev–Trinajstić information content (AvgIpc) is 3.21. The first-order valence-corrected chi connectivity index (χ1v) is 10.8. The summed E-state index contributed by atoms with van der Waals surface area (Å²) in [5.41, 5.74) is -0.226. The van der Waals surface area contributed by atoms with Crippen molar-refractivity contribution in [2.75, 3.05) is 0 Å². The van der Waals surface area contributed by atoms with Crippen LogP contribution in [-0.4, -0.2) is 27.2 Å². The van der Waals surface area contributed by atoms with Gasteiger partial charge in [0.25, 0.3) is 0 Å². The Bertz CT molecular complexity index is 1170. The smallest absolute Gasteiger partial charge is 0.434 e. The molecule has 4 rings (SSSR count). The molecule has 9 heteroatoms. The molecule has 1 saturated carbocycles. The molecule has 0 aliphatic heterocycles. The number of carboxylic acid groups (broad SMARTS) is 1. The van der Waals surface area contributed by atoms with Gasteiger partial charge in [0, 0.05) is 6.54 Å². The Balaban J connectivity index is 1.43. The van der Waals surface area contributed by atoms with Crippen LogP contribution in [0.1, 0.15) is 43.6 Å². The van der Waals surface area contributed by atoms with E-state index in [-0.39, 0.29) is 24.8 Å². The largest absolute Gasteiger partial charge is 0.481 e. The van der Waals surface area contributed by atoms with E-state index in [1.54, 1.807) is 0 Å². The number of rotatable bonds is 9. The summed E-state index contributed by atoms with van der Waals surface area (Å²) < 4.78 is 10.7. The number of carboxylic acids is 1. The van der Waals surface area contributed by atoms with E-state index in [9.17, 15) is 19.5 Å². The average molecular weight is 451 g/mol. The van der Waals surface area contributed by atoms with Crippen molar-refractivity contribution in [3.8, 4) is 11.5 Å². The summed E-state index contributed by atoms with van der Waals surface area (Å²) in [6.45, 7) is 2.16. The minimum atomic E-state index is -1.11. The van der Waals surface area contributed by atoms with Crippen LogP contribution in [0.2, 0.25) is 0 Å². The van der Waals surface area contributed by atoms with Gasteiger partial charge in [-0.25, -0.2) is 9.89 Å². The number of carbonyl (C=O) groups is 2. The van der Waals surface area contributed by atoms with Crippen molar-refractivity contribution in [2.45, 2.75) is 38.6 Å². The summed E-state index contributed by atoms with van der Waals surface area (Å²) in [4.78, 5) is 36.6. The van der Waals surface area contributed by atoms with Crippen molar-refractivity contribution >= 4 is 11.9 Å². The van der Waals surface area contributed by atoms with Crippen LogP contribution in [0, 0.1) is 11.3 Å². The van der Waals surface area contributed by atoms with Crippen LogP contribution in [0.15, 0.2) is 63.8 Å². The maximum Gasteiger partial charge on any atom is 0.434 e. The first kappa shape index (κ1) is 22.3.